The lowest BCUT2D eigenvalue weighted by Gasteiger charge is -2.38. The molecule has 2 rings (SSSR count). The summed E-state index contributed by atoms with van der Waals surface area (Å²) in [5, 5.41) is 0. The van der Waals surface area contributed by atoms with E-state index in [1.807, 2.05) is 6.92 Å². The van der Waals surface area contributed by atoms with Gasteiger partial charge in [-0.3, -0.25) is 9.59 Å². The third-order valence-corrected chi connectivity index (χ3v) is 5.44. The van der Waals surface area contributed by atoms with Crippen molar-refractivity contribution in [2.24, 2.45) is 11.3 Å². The van der Waals surface area contributed by atoms with Gasteiger partial charge in [-0.05, 0) is 57.2 Å². The zero-order chi connectivity index (χ0) is 17.2. The van der Waals surface area contributed by atoms with Gasteiger partial charge in [-0.15, -0.1) is 0 Å². The maximum atomic E-state index is 13.0. The standard InChI is InChI=1S/C20H28O3/c1-13-10-14(2)16(15(3)11-13)12-18(21)17-8-6-7-9-20(17,4)19(22)23-5/h10-11,17H,6-9,12H2,1-5H3. The highest BCUT2D eigenvalue weighted by atomic mass is 16.5. The number of ether oxygens (including phenoxy) is 1. The van der Waals surface area contributed by atoms with Gasteiger partial charge in [0.05, 0.1) is 12.5 Å². The number of methoxy groups -OCH3 is 1. The lowest BCUT2D eigenvalue weighted by Crippen LogP contribution is -2.43. The van der Waals surface area contributed by atoms with E-state index in [1.165, 1.54) is 12.7 Å². The molecule has 126 valence electrons. The van der Waals surface area contributed by atoms with Crippen LogP contribution in [0.2, 0.25) is 0 Å². The summed E-state index contributed by atoms with van der Waals surface area (Å²) in [6, 6.07) is 4.24. The Morgan fingerprint density at radius 2 is 1.78 bits per heavy atom. The van der Waals surface area contributed by atoms with E-state index in [0.29, 0.717) is 6.42 Å². The van der Waals surface area contributed by atoms with Crippen LogP contribution in [0.3, 0.4) is 0 Å². The van der Waals surface area contributed by atoms with Crippen LogP contribution < -0.4 is 0 Å². The highest BCUT2D eigenvalue weighted by Gasteiger charge is 2.47. The Morgan fingerprint density at radius 1 is 1.17 bits per heavy atom. The topological polar surface area (TPSA) is 43.4 Å². The molecule has 0 saturated heterocycles. The molecule has 23 heavy (non-hydrogen) atoms. The van der Waals surface area contributed by atoms with E-state index >= 15 is 0 Å². The van der Waals surface area contributed by atoms with Crippen LogP contribution in [0.1, 0.15) is 54.9 Å². The second-order valence-electron chi connectivity index (χ2n) is 7.23. The minimum absolute atomic E-state index is 0.174. The molecule has 1 saturated carbocycles. The number of carbonyl (C=O) groups is 2. The highest BCUT2D eigenvalue weighted by molar-refractivity contribution is 5.90. The van der Waals surface area contributed by atoms with Crippen LogP contribution in [0.25, 0.3) is 0 Å². The molecule has 0 heterocycles. The van der Waals surface area contributed by atoms with E-state index < -0.39 is 5.41 Å². The second-order valence-corrected chi connectivity index (χ2v) is 7.23. The van der Waals surface area contributed by atoms with Crippen molar-refractivity contribution in [2.75, 3.05) is 7.11 Å². The molecule has 0 radical (unpaired) electrons. The summed E-state index contributed by atoms with van der Waals surface area (Å²) in [7, 11) is 1.41. The van der Waals surface area contributed by atoms with E-state index in [0.717, 1.165) is 42.4 Å². The summed E-state index contributed by atoms with van der Waals surface area (Å²) in [5.74, 6) is -0.302. The molecule has 2 atom stereocenters. The van der Waals surface area contributed by atoms with E-state index in [1.54, 1.807) is 0 Å². The molecule has 0 spiro atoms. The Bertz CT molecular complexity index is 594. The van der Waals surface area contributed by atoms with Gasteiger partial charge in [0.2, 0.25) is 0 Å². The van der Waals surface area contributed by atoms with Crippen LogP contribution in [-0.4, -0.2) is 18.9 Å². The molecule has 1 aromatic rings. The first kappa shape index (κ1) is 17.7. The zero-order valence-corrected chi connectivity index (χ0v) is 15.0. The number of esters is 1. The van der Waals surface area contributed by atoms with Gasteiger partial charge >= 0.3 is 5.97 Å². The second kappa shape index (κ2) is 6.86. The first-order valence-electron chi connectivity index (χ1n) is 8.47. The fourth-order valence-corrected chi connectivity index (χ4v) is 4.11. The Hall–Kier alpha value is -1.64. The van der Waals surface area contributed by atoms with Gasteiger partial charge in [0, 0.05) is 12.3 Å². The zero-order valence-electron chi connectivity index (χ0n) is 15.0. The van der Waals surface area contributed by atoms with Gasteiger partial charge in [-0.1, -0.05) is 30.5 Å². The third-order valence-electron chi connectivity index (χ3n) is 5.44. The number of hydrogen-bond acceptors (Lipinski definition) is 3. The van der Waals surface area contributed by atoms with Gasteiger partial charge in [0.25, 0.3) is 0 Å². The van der Waals surface area contributed by atoms with Crippen molar-refractivity contribution in [1.82, 2.24) is 0 Å². The molecule has 1 aromatic carbocycles. The van der Waals surface area contributed by atoms with E-state index in [-0.39, 0.29) is 17.7 Å². The Labute approximate surface area is 139 Å². The molecule has 0 N–H and O–H groups in total. The first-order chi connectivity index (χ1) is 10.8. The summed E-state index contributed by atoms with van der Waals surface area (Å²) in [6.07, 6.45) is 3.93. The van der Waals surface area contributed by atoms with Crippen LogP contribution >= 0.6 is 0 Å². The van der Waals surface area contributed by atoms with Crippen LogP contribution in [0.5, 0.6) is 0 Å². The van der Waals surface area contributed by atoms with Crippen LogP contribution in [0.15, 0.2) is 12.1 Å². The largest absolute Gasteiger partial charge is 0.469 e. The summed E-state index contributed by atoms with van der Waals surface area (Å²) in [4.78, 5) is 25.2. The lowest BCUT2D eigenvalue weighted by molar-refractivity contribution is -0.160. The number of carbonyl (C=O) groups excluding carboxylic acids is 2. The van der Waals surface area contributed by atoms with Crippen molar-refractivity contribution < 1.29 is 14.3 Å². The van der Waals surface area contributed by atoms with Crippen molar-refractivity contribution >= 4 is 11.8 Å². The fraction of sp³-hybridized carbons (Fsp3) is 0.600. The smallest absolute Gasteiger partial charge is 0.312 e. The molecule has 0 bridgehead atoms. The number of Topliss-reactive ketones (excluding diaryl/α,β-unsaturated/α-hetero) is 1. The van der Waals surface area contributed by atoms with Gasteiger partial charge in [-0.25, -0.2) is 0 Å². The molecule has 3 heteroatoms. The molecule has 3 nitrogen and oxygen atoms in total. The normalized spacial score (nSPS) is 24.3. The minimum atomic E-state index is -0.670. The monoisotopic (exact) mass is 316 g/mol. The van der Waals surface area contributed by atoms with Crippen molar-refractivity contribution in [1.29, 1.82) is 0 Å². The summed E-state index contributed by atoms with van der Waals surface area (Å²) in [5.41, 5.74) is 3.97. The number of aryl methyl sites for hydroxylation is 3. The molecular weight excluding hydrogens is 288 g/mol. The van der Waals surface area contributed by atoms with Crippen molar-refractivity contribution in [3.8, 4) is 0 Å². The summed E-state index contributed by atoms with van der Waals surface area (Å²) in [6.45, 7) is 8.09. The Kier molecular flexibility index (Phi) is 5.28. The van der Waals surface area contributed by atoms with Crippen molar-refractivity contribution in [2.45, 2.75) is 59.8 Å². The number of benzene rings is 1. The lowest BCUT2D eigenvalue weighted by atomic mass is 9.65. The molecular formula is C20H28O3. The molecule has 2 unspecified atom stereocenters. The van der Waals surface area contributed by atoms with Gasteiger partial charge in [0.1, 0.15) is 5.78 Å². The number of hydrogen-bond donors (Lipinski definition) is 0. The average molecular weight is 316 g/mol. The molecule has 1 aliphatic rings. The van der Waals surface area contributed by atoms with Crippen molar-refractivity contribution in [3.05, 3.63) is 34.4 Å². The van der Waals surface area contributed by atoms with E-state index in [4.69, 9.17) is 4.74 Å². The predicted octanol–water partition coefficient (Wildman–Crippen LogP) is 4.09. The van der Waals surface area contributed by atoms with Crippen LogP contribution in [-0.2, 0) is 20.7 Å². The Morgan fingerprint density at radius 3 is 2.35 bits per heavy atom. The molecule has 0 amide bonds. The highest BCUT2D eigenvalue weighted by Crippen LogP contribution is 2.43. The molecule has 0 aromatic heterocycles. The summed E-state index contributed by atoms with van der Waals surface area (Å²) < 4.78 is 5.00. The summed E-state index contributed by atoms with van der Waals surface area (Å²) >= 11 is 0. The SMILES string of the molecule is COC(=O)C1(C)CCCCC1C(=O)Cc1c(C)cc(C)cc1C. The molecule has 1 aliphatic carbocycles. The molecule has 0 aliphatic heterocycles. The fourth-order valence-electron chi connectivity index (χ4n) is 4.11. The van der Waals surface area contributed by atoms with Gasteiger partial charge in [-0.2, -0.15) is 0 Å². The van der Waals surface area contributed by atoms with E-state index in [2.05, 4.69) is 32.9 Å². The van der Waals surface area contributed by atoms with Crippen molar-refractivity contribution in [3.63, 3.8) is 0 Å². The number of rotatable bonds is 4. The minimum Gasteiger partial charge on any atom is -0.469 e. The quantitative estimate of drug-likeness (QED) is 0.786. The Balaban J connectivity index is 2.27. The predicted molar refractivity (Wildman–Crippen MR) is 91.4 cm³/mol. The first-order valence-corrected chi connectivity index (χ1v) is 8.47. The molecule has 1 fully saturated rings. The van der Waals surface area contributed by atoms with Crippen LogP contribution in [0, 0.1) is 32.1 Å². The maximum absolute atomic E-state index is 13.0. The average Bonchev–Trinajstić information content (AvgIpc) is 2.50. The maximum Gasteiger partial charge on any atom is 0.312 e. The third kappa shape index (κ3) is 3.49. The van der Waals surface area contributed by atoms with E-state index in [9.17, 15) is 9.59 Å². The number of ketones is 1. The van der Waals surface area contributed by atoms with Crippen LogP contribution in [0.4, 0.5) is 0 Å². The van der Waals surface area contributed by atoms with Gasteiger partial charge in [0.15, 0.2) is 0 Å². The van der Waals surface area contributed by atoms with Gasteiger partial charge < -0.3 is 4.74 Å².